The summed E-state index contributed by atoms with van der Waals surface area (Å²) < 4.78 is 41.0. The van der Waals surface area contributed by atoms with E-state index < -0.39 is 6.85 Å². The normalized spacial score (nSPS) is 13.7. The highest BCUT2D eigenvalue weighted by atomic mass is 16.4. The Kier molecular flexibility index (Phi) is 6.47. The Hall–Kier alpha value is -5.75. The molecule has 0 amide bonds. The first-order valence-electron chi connectivity index (χ1n) is 19.5. The van der Waals surface area contributed by atoms with Gasteiger partial charge in [-0.25, -0.2) is 15.0 Å². The van der Waals surface area contributed by atoms with Crippen LogP contribution in [-0.2, 0) is 5.41 Å². The van der Waals surface area contributed by atoms with Crippen molar-refractivity contribution in [1.29, 1.82) is 0 Å². The molecule has 4 aromatic heterocycles. The van der Waals surface area contributed by atoms with Crippen molar-refractivity contribution in [3.63, 3.8) is 0 Å². The lowest BCUT2D eigenvalue weighted by Gasteiger charge is -2.24. The van der Waals surface area contributed by atoms with Crippen molar-refractivity contribution in [3.8, 4) is 28.2 Å². The zero-order valence-corrected chi connectivity index (χ0v) is 30.5. The van der Waals surface area contributed by atoms with Gasteiger partial charge in [-0.15, -0.1) is 0 Å². The van der Waals surface area contributed by atoms with E-state index in [1.54, 1.807) is 6.07 Å². The summed E-state index contributed by atoms with van der Waals surface area (Å²) >= 11 is 0. The molecule has 0 aliphatic heterocycles. The molecule has 9 rings (SSSR count). The third-order valence-corrected chi connectivity index (χ3v) is 10.1. The van der Waals surface area contributed by atoms with Crippen molar-refractivity contribution >= 4 is 55.1 Å². The van der Waals surface area contributed by atoms with Crippen molar-refractivity contribution < 1.29 is 12.9 Å². The molecule has 9 aromatic rings. The summed E-state index contributed by atoms with van der Waals surface area (Å²) in [5.74, 6) is 1.64. The van der Waals surface area contributed by atoms with Gasteiger partial charge in [-0.1, -0.05) is 97.0 Å². The van der Waals surface area contributed by atoms with E-state index in [4.69, 9.17) is 27.9 Å². The fourth-order valence-electron chi connectivity index (χ4n) is 7.46. The quantitative estimate of drug-likeness (QED) is 0.180. The summed E-state index contributed by atoms with van der Waals surface area (Å²) in [6.07, 6.45) is 0. The number of hydrogen-bond donors (Lipinski definition) is 0. The number of furan rings is 1. The molecule has 0 radical (unpaired) electrons. The second-order valence-corrected chi connectivity index (χ2v) is 15.5. The number of imidazole rings is 1. The first-order valence-corrected chi connectivity index (χ1v) is 18.0. The third kappa shape index (κ3) is 4.95. The highest BCUT2D eigenvalue weighted by Gasteiger charge is 2.27. The largest absolute Gasteiger partial charge is 0.440 e. The van der Waals surface area contributed by atoms with E-state index in [1.807, 2.05) is 48.5 Å². The van der Waals surface area contributed by atoms with E-state index in [9.17, 15) is 0 Å². The fraction of sp³-hybridized carbons (Fsp3) is 0.239. The summed E-state index contributed by atoms with van der Waals surface area (Å²) in [5, 5.41) is 1.94. The van der Waals surface area contributed by atoms with Gasteiger partial charge in [0.05, 0.1) is 22.3 Å². The minimum atomic E-state index is -2.41. The van der Waals surface area contributed by atoms with Crippen molar-refractivity contribution in [2.75, 3.05) is 0 Å². The smallest absolute Gasteiger partial charge is 0.228 e. The number of para-hydroxylation sites is 2. The fourth-order valence-corrected chi connectivity index (χ4v) is 7.46. The zero-order chi connectivity index (χ0) is 38.6. The molecule has 0 bridgehead atoms. The van der Waals surface area contributed by atoms with E-state index in [0.29, 0.717) is 56.0 Å². The van der Waals surface area contributed by atoms with E-state index in [1.165, 1.54) is 16.7 Å². The lowest BCUT2D eigenvalue weighted by Crippen LogP contribution is -2.10. The monoisotopic (exact) mass is 685 g/mol. The minimum absolute atomic E-state index is 0.179. The maximum absolute atomic E-state index is 8.61. The van der Waals surface area contributed by atoms with Gasteiger partial charge in [0.2, 0.25) is 11.6 Å². The van der Waals surface area contributed by atoms with Crippen LogP contribution in [0.5, 0.6) is 0 Å². The Balaban J connectivity index is 1.38. The maximum Gasteiger partial charge on any atom is 0.228 e. The number of hydrogen-bond acceptors (Lipinski definition) is 5. The van der Waals surface area contributed by atoms with Crippen LogP contribution < -0.4 is 0 Å². The molecule has 5 aromatic carbocycles. The lowest BCUT2D eigenvalue weighted by atomic mass is 9.88. The first-order chi connectivity index (χ1) is 26.2. The van der Waals surface area contributed by atoms with Crippen molar-refractivity contribution in [2.45, 2.75) is 72.6 Å². The van der Waals surface area contributed by atoms with Gasteiger partial charge in [0.15, 0.2) is 5.58 Å². The molecule has 0 saturated carbocycles. The van der Waals surface area contributed by atoms with Crippen LogP contribution in [0.25, 0.3) is 83.3 Å². The first kappa shape index (κ1) is 28.9. The van der Waals surface area contributed by atoms with Crippen LogP contribution in [0.2, 0.25) is 0 Å². The van der Waals surface area contributed by atoms with Gasteiger partial charge in [-0.3, -0.25) is 4.57 Å². The number of aryl methyl sites for hydroxylation is 1. The molecule has 0 atom stereocenters. The molecular weight excluding hydrogens is 641 g/mol. The molecule has 258 valence electrons. The standard InChI is InChI=1S/C46H42N4O2/c1-25(2)32-23-30(28-14-10-9-11-15-28)24-33(26(3)4)41(32)50-36-17-13-12-16-35(36)47-43(50)31-20-18-27(5)38-34-22-29-19-21-37-40(49-45(51-37)46(6,7)8)39(29)48-44(34)52-42(31)38/h9-26H,1-8H3/i5D3. The Morgan fingerprint density at radius 2 is 1.44 bits per heavy atom. The molecular formula is C46H42N4O2. The molecule has 0 spiro atoms. The summed E-state index contributed by atoms with van der Waals surface area (Å²) in [7, 11) is 0. The summed E-state index contributed by atoms with van der Waals surface area (Å²) in [4.78, 5) is 15.2. The van der Waals surface area contributed by atoms with Crippen LogP contribution in [0.15, 0.2) is 106 Å². The van der Waals surface area contributed by atoms with Gasteiger partial charge in [-0.05, 0) is 95.0 Å². The molecule has 0 fully saturated rings. The predicted molar refractivity (Wildman–Crippen MR) is 214 cm³/mol. The van der Waals surface area contributed by atoms with Gasteiger partial charge in [0.25, 0.3) is 0 Å². The van der Waals surface area contributed by atoms with Crippen molar-refractivity contribution in [3.05, 3.63) is 120 Å². The Morgan fingerprint density at radius 1 is 0.712 bits per heavy atom. The highest BCUT2D eigenvalue weighted by Crippen LogP contribution is 2.44. The summed E-state index contributed by atoms with van der Waals surface area (Å²) in [5.41, 5.74) is 10.8. The molecule has 0 unspecified atom stereocenters. The van der Waals surface area contributed by atoms with Crippen LogP contribution >= 0.6 is 0 Å². The lowest BCUT2D eigenvalue weighted by molar-refractivity contribution is 0.411. The van der Waals surface area contributed by atoms with Crippen LogP contribution in [0, 0.1) is 6.85 Å². The maximum atomic E-state index is 8.61. The van der Waals surface area contributed by atoms with Crippen LogP contribution in [-0.4, -0.2) is 19.5 Å². The molecule has 0 N–H and O–H groups in total. The van der Waals surface area contributed by atoms with Gasteiger partial charge in [0, 0.05) is 25.7 Å². The van der Waals surface area contributed by atoms with E-state index in [-0.39, 0.29) is 22.8 Å². The van der Waals surface area contributed by atoms with Gasteiger partial charge < -0.3 is 8.83 Å². The van der Waals surface area contributed by atoms with E-state index >= 15 is 0 Å². The topological polar surface area (TPSA) is 69.9 Å². The van der Waals surface area contributed by atoms with Crippen LogP contribution in [0.1, 0.15) is 87.0 Å². The van der Waals surface area contributed by atoms with Crippen molar-refractivity contribution in [1.82, 2.24) is 19.5 Å². The number of aromatic nitrogens is 4. The van der Waals surface area contributed by atoms with E-state index in [0.717, 1.165) is 27.7 Å². The SMILES string of the molecule is [2H]C([2H])([2H])c1ccc(-c2nc3ccccc3n2-c2c(C(C)C)cc(-c3ccccc3)cc2C(C)C)c2oc3nc4c(ccc5oc(C(C)(C)C)nc54)cc3c12. The van der Waals surface area contributed by atoms with Gasteiger partial charge in [-0.2, -0.15) is 0 Å². The zero-order valence-electron chi connectivity index (χ0n) is 33.5. The minimum Gasteiger partial charge on any atom is -0.440 e. The predicted octanol–water partition coefficient (Wildman–Crippen LogP) is 12.8. The number of fused-ring (bicyclic) bond motifs is 7. The van der Waals surface area contributed by atoms with Gasteiger partial charge in [0.1, 0.15) is 22.4 Å². The number of oxazole rings is 1. The van der Waals surface area contributed by atoms with Crippen molar-refractivity contribution in [2.24, 2.45) is 0 Å². The molecule has 0 saturated heterocycles. The molecule has 4 heterocycles. The third-order valence-electron chi connectivity index (χ3n) is 10.1. The second-order valence-electron chi connectivity index (χ2n) is 15.5. The number of rotatable bonds is 5. The number of nitrogens with zero attached hydrogens (tertiary/aromatic N) is 4. The number of benzene rings is 5. The highest BCUT2D eigenvalue weighted by molar-refractivity contribution is 6.14. The molecule has 6 nitrogen and oxygen atoms in total. The van der Waals surface area contributed by atoms with Crippen LogP contribution in [0.4, 0.5) is 0 Å². The average molecular weight is 686 g/mol. The molecule has 0 aliphatic carbocycles. The Bertz CT molecular complexity index is 2930. The van der Waals surface area contributed by atoms with Crippen LogP contribution in [0.3, 0.4) is 0 Å². The molecule has 6 heteroatoms. The summed E-state index contributed by atoms with van der Waals surface area (Å²) in [6.45, 7) is 12.7. The number of pyridine rings is 1. The Labute approximate surface area is 307 Å². The molecule has 52 heavy (non-hydrogen) atoms. The average Bonchev–Trinajstić information content (AvgIpc) is 3.87. The second kappa shape index (κ2) is 11.6. The van der Waals surface area contributed by atoms with E-state index in [2.05, 4.69) is 95.5 Å². The Morgan fingerprint density at radius 3 is 2.15 bits per heavy atom. The molecule has 0 aliphatic rings. The summed E-state index contributed by atoms with van der Waals surface area (Å²) in [6, 6.07) is 32.6. The van der Waals surface area contributed by atoms with Gasteiger partial charge >= 0.3 is 0 Å².